The SMILES string of the molecule is CCCCCOC(=O)Nc1ccn([C@@H]2O[C@H](OC(=O)[C@H](N)C(C)CC)[C@@H](OC(=O)C(C)C)C2(F)F)c(=O)n1. The van der Waals surface area contributed by atoms with E-state index in [1.165, 1.54) is 13.8 Å². The fourth-order valence-electron chi connectivity index (χ4n) is 3.34. The minimum Gasteiger partial charge on any atom is -0.449 e. The fourth-order valence-corrected chi connectivity index (χ4v) is 3.34. The first-order chi connectivity index (χ1) is 17.8. The van der Waals surface area contributed by atoms with Gasteiger partial charge in [-0.1, -0.05) is 53.9 Å². The third-order valence-corrected chi connectivity index (χ3v) is 5.99. The van der Waals surface area contributed by atoms with Gasteiger partial charge in [0.2, 0.25) is 18.6 Å². The standard InChI is InChI=1S/C24H36F2N4O8/c1-6-8-9-12-35-23(34)29-15-10-11-30(22(33)28-15)21-24(25,26)17(36-18(31)13(3)4)20(38-21)37-19(32)16(27)14(5)7-2/h10-11,13-14,16-17,20-21H,6-9,12,27H2,1-5H3,(H,28,29,33,34)/t14?,16-,17-,20+,21-/m1/s1. The number of alkyl halides is 2. The number of carbonyl (C=O) groups is 3. The number of hydrogen-bond acceptors (Lipinski definition) is 10. The molecule has 1 saturated heterocycles. The Morgan fingerprint density at radius 1 is 1.18 bits per heavy atom. The number of rotatable bonds is 12. The van der Waals surface area contributed by atoms with Crippen molar-refractivity contribution in [2.45, 2.75) is 90.9 Å². The van der Waals surface area contributed by atoms with Crippen molar-refractivity contribution in [3.8, 4) is 0 Å². The van der Waals surface area contributed by atoms with Crippen molar-refractivity contribution in [2.75, 3.05) is 11.9 Å². The van der Waals surface area contributed by atoms with Crippen LogP contribution >= 0.6 is 0 Å². The number of unbranched alkanes of at least 4 members (excludes halogenated alkanes) is 2. The maximum atomic E-state index is 15.5. The molecule has 0 bridgehead atoms. The maximum Gasteiger partial charge on any atom is 0.412 e. The Hall–Kier alpha value is -3.13. The first-order valence-electron chi connectivity index (χ1n) is 12.6. The van der Waals surface area contributed by atoms with Crippen LogP contribution in [0.3, 0.4) is 0 Å². The molecule has 5 atom stereocenters. The third kappa shape index (κ3) is 7.69. The van der Waals surface area contributed by atoms with Gasteiger partial charge in [-0.25, -0.2) is 9.59 Å². The van der Waals surface area contributed by atoms with E-state index in [1.54, 1.807) is 13.8 Å². The summed E-state index contributed by atoms with van der Waals surface area (Å²) in [4.78, 5) is 52.7. The van der Waals surface area contributed by atoms with E-state index in [9.17, 15) is 19.2 Å². The van der Waals surface area contributed by atoms with Gasteiger partial charge < -0.3 is 24.7 Å². The number of halogens is 2. The average molecular weight is 547 g/mol. The van der Waals surface area contributed by atoms with Gasteiger partial charge >= 0.3 is 29.6 Å². The lowest BCUT2D eigenvalue weighted by Crippen LogP contribution is -2.47. The van der Waals surface area contributed by atoms with Crippen molar-refractivity contribution < 1.29 is 42.1 Å². The summed E-state index contributed by atoms with van der Waals surface area (Å²) >= 11 is 0. The van der Waals surface area contributed by atoms with Crippen LogP contribution < -0.4 is 16.7 Å². The number of anilines is 1. The third-order valence-electron chi connectivity index (χ3n) is 5.99. The highest BCUT2D eigenvalue weighted by Crippen LogP contribution is 2.44. The van der Waals surface area contributed by atoms with E-state index in [0.717, 1.165) is 25.1 Å². The number of carbonyl (C=O) groups excluding carboxylic acids is 3. The van der Waals surface area contributed by atoms with E-state index >= 15 is 8.78 Å². The summed E-state index contributed by atoms with van der Waals surface area (Å²) < 4.78 is 51.7. The molecule has 0 radical (unpaired) electrons. The van der Waals surface area contributed by atoms with Gasteiger partial charge in [-0.15, -0.1) is 0 Å². The van der Waals surface area contributed by atoms with Crippen LogP contribution in [0.4, 0.5) is 19.4 Å². The summed E-state index contributed by atoms with van der Waals surface area (Å²) in [5.74, 6) is -7.39. The van der Waals surface area contributed by atoms with Crippen LogP contribution in [0.1, 0.15) is 66.5 Å². The van der Waals surface area contributed by atoms with Crippen molar-refractivity contribution in [1.29, 1.82) is 0 Å². The van der Waals surface area contributed by atoms with E-state index in [2.05, 4.69) is 10.3 Å². The molecule has 3 N–H and O–H groups in total. The topological polar surface area (TPSA) is 161 Å². The monoisotopic (exact) mass is 546 g/mol. The number of esters is 2. The van der Waals surface area contributed by atoms with Gasteiger partial charge in [0, 0.05) is 6.20 Å². The Balaban J connectivity index is 2.27. The van der Waals surface area contributed by atoms with Gasteiger partial charge in [0.25, 0.3) is 0 Å². The van der Waals surface area contributed by atoms with Crippen molar-refractivity contribution in [2.24, 2.45) is 17.6 Å². The van der Waals surface area contributed by atoms with Crippen LogP contribution in [-0.2, 0) is 28.5 Å². The highest BCUT2D eigenvalue weighted by Gasteiger charge is 2.64. The number of aromatic nitrogens is 2. The Morgan fingerprint density at radius 3 is 2.45 bits per heavy atom. The molecule has 38 heavy (non-hydrogen) atoms. The summed E-state index contributed by atoms with van der Waals surface area (Å²) in [5, 5.41) is 2.24. The molecular formula is C24H36F2N4O8. The molecule has 1 unspecified atom stereocenters. The van der Waals surface area contributed by atoms with Crippen LogP contribution in [0.25, 0.3) is 0 Å². The number of nitrogens with zero attached hydrogens (tertiary/aromatic N) is 2. The normalized spacial score (nSPS) is 22.0. The summed E-state index contributed by atoms with van der Waals surface area (Å²) in [6.45, 7) is 8.48. The van der Waals surface area contributed by atoms with Gasteiger partial charge in [0.15, 0.2) is 0 Å². The number of ether oxygens (including phenoxy) is 4. The quantitative estimate of drug-likeness (QED) is 0.226. The molecule has 0 aliphatic carbocycles. The predicted octanol–water partition coefficient (Wildman–Crippen LogP) is 2.96. The molecule has 0 aromatic carbocycles. The number of nitrogens with one attached hydrogen (secondary N) is 1. The van der Waals surface area contributed by atoms with Crippen molar-refractivity contribution >= 4 is 23.8 Å². The van der Waals surface area contributed by atoms with E-state index in [1.807, 2.05) is 6.92 Å². The molecule has 1 aliphatic rings. The van der Waals surface area contributed by atoms with Crippen molar-refractivity contribution in [1.82, 2.24) is 9.55 Å². The van der Waals surface area contributed by atoms with Gasteiger partial charge in [-0.05, 0) is 18.4 Å². The zero-order valence-electron chi connectivity index (χ0n) is 22.1. The molecule has 1 aromatic heterocycles. The first kappa shape index (κ1) is 31.1. The van der Waals surface area contributed by atoms with Crippen LogP contribution in [-0.4, -0.2) is 58.5 Å². The highest BCUT2D eigenvalue weighted by atomic mass is 19.3. The molecule has 1 aliphatic heterocycles. The van der Waals surface area contributed by atoms with Gasteiger partial charge in [-0.2, -0.15) is 13.8 Å². The van der Waals surface area contributed by atoms with Crippen molar-refractivity contribution in [3.63, 3.8) is 0 Å². The molecule has 0 saturated carbocycles. The largest absolute Gasteiger partial charge is 0.449 e. The average Bonchev–Trinajstić information content (AvgIpc) is 3.09. The molecule has 0 spiro atoms. The van der Waals surface area contributed by atoms with E-state index in [0.29, 0.717) is 17.4 Å². The Labute approximate surface area is 219 Å². The number of nitrogens with two attached hydrogens (primary N) is 1. The second kappa shape index (κ2) is 13.6. The molecule has 2 rings (SSSR count). The molecule has 1 amide bonds. The minimum atomic E-state index is -4.02. The van der Waals surface area contributed by atoms with Crippen LogP contribution in [0.2, 0.25) is 0 Å². The van der Waals surface area contributed by atoms with Crippen molar-refractivity contribution in [3.05, 3.63) is 22.7 Å². The Kier molecular flexibility index (Phi) is 11.1. The molecule has 2 heterocycles. The van der Waals surface area contributed by atoms with Gasteiger partial charge in [0.05, 0.1) is 12.5 Å². The maximum absolute atomic E-state index is 15.5. The molecule has 214 valence electrons. The highest BCUT2D eigenvalue weighted by molar-refractivity contribution is 5.83. The zero-order chi connectivity index (χ0) is 28.6. The fraction of sp³-hybridized carbons (Fsp3) is 0.708. The lowest BCUT2D eigenvalue weighted by atomic mass is 10.0. The predicted molar refractivity (Wildman–Crippen MR) is 130 cm³/mol. The second-order valence-electron chi connectivity index (χ2n) is 9.36. The molecule has 12 nitrogen and oxygen atoms in total. The molecule has 1 aromatic rings. The smallest absolute Gasteiger partial charge is 0.412 e. The van der Waals surface area contributed by atoms with E-state index in [4.69, 9.17) is 24.7 Å². The molecular weight excluding hydrogens is 510 g/mol. The lowest BCUT2D eigenvalue weighted by Gasteiger charge is -2.25. The number of hydrogen-bond donors (Lipinski definition) is 2. The van der Waals surface area contributed by atoms with Crippen LogP contribution in [0.15, 0.2) is 17.1 Å². The summed E-state index contributed by atoms with van der Waals surface area (Å²) in [6.07, 6.45) is -3.74. The van der Waals surface area contributed by atoms with E-state index < -0.39 is 60.2 Å². The van der Waals surface area contributed by atoms with Crippen LogP contribution in [0, 0.1) is 11.8 Å². The lowest BCUT2D eigenvalue weighted by molar-refractivity contribution is -0.205. The molecule has 14 heteroatoms. The van der Waals surface area contributed by atoms with Crippen LogP contribution in [0.5, 0.6) is 0 Å². The molecule has 1 fully saturated rings. The van der Waals surface area contributed by atoms with Gasteiger partial charge in [-0.3, -0.25) is 19.5 Å². The second-order valence-corrected chi connectivity index (χ2v) is 9.36. The minimum absolute atomic E-state index is 0.163. The van der Waals surface area contributed by atoms with E-state index in [-0.39, 0.29) is 18.3 Å². The summed E-state index contributed by atoms with van der Waals surface area (Å²) in [7, 11) is 0. The Morgan fingerprint density at radius 2 is 1.87 bits per heavy atom. The van der Waals surface area contributed by atoms with Gasteiger partial charge in [0.1, 0.15) is 11.9 Å². The number of amides is 1. The first-order valence-corrected chi connectivity index (χ1v) is 12.6. The summed E-state index contributed by atoms with van der Waals surface area (Å²) in [6, 6.07) is -0.0595. The zero-order valence-corrected chi connectivity index (χ0v) is 22.1. The summed E-state index contributed by atoms with van der Waals surface area (Å²) in [5.41, 5.74) is 4.64. The Bertz CT molecular complexity index is 1030.